The van der Waals surface area contributed by atoms with Crippen molar-refractivity contribution in [3.63, 3.8) is 0 Å². The number of aromatic nitrogens is 2. The molecule has 0 aliphatic carbocycles. The topological polar surface area (TPSA) is 56.2 Å². The fourth-order valence-corrected chi connectivity index (χ4v) is 1.66. The van der Waals surface area contributed by atoms with Crippen LogP contribution in [0.15, 0.2) is 23.1 Å². The molecule has 1 aliphatic heterocycles. The van der Waals surface area contributed by atoms with Crippen LogP contribution in [0.25, 0.3) is 0 Å². The van der Waals surface area contributed by atoms with Crippen LogP contribution in [0.3, 0.4) is 0 Å². The molecule has 1 unspecified atom stereocenters. The molecule has 2 rings (SSSR count). The average molecular weight is 209 g/mol. The number of ether oxygens (including phenoxy) is 1. The summed E-state index contributed by atoms with van der Waals surface area (Å²) in [5, 5.41) is 3.91. The van der Waals surface area contributed by atoms with Gasteiger partial charge in [-0.05, 0) is 18.9 Å². The Hall–Kier alpha value is -1.36. The van der Waals surface area contributed by atoms with Crippen molar-refractivity contribution in [3.8, 4) is 0 Å². The summed E-state index contributed by atoms with van der Waals surface area (Å²) >= 11 is 0. The molecule has 82 valence electrons. The minimum Gasteiger partial charge on any atom is -0.381 e. The standard InChI is InChI=1S/C10H15N3O2/c14-10-4-1-5-11-13(10)12-7-9-3-2-6-15-8-9/h1,4-5,9,12H,2-3,6-8H2. The summed E-state index contributed by atoms with van der Waals surface area (Å²) in [5.74, 6) is 0.479. The summed E-state index contributed by atoms with van der Waals surface area (Å²) in [6, 6.07) is 3.11. The zero-order chi connectivity index (χ0) is 10.5. The van der Waals surface area contributed by atoms with Crippen LogP contribution in [0.4, 0.5) is 0 Å². The highest BCUT2D eigenvalue weighted by Gasteiger charge is 2.13. The first-order valence-electron chi connectivity index (χ1n) is 5.22. The van der Waals surface area contributed by atoms with Crippen LogP contribution in [0.1, 0.15) is 12.8 Å². The molecule has 0 saturated carbocycles. The molecule has 0 bridgehead atoms. The molecule has 2 heterocycles. The van der Waals surface area contributed by atoms with E-state index < -0.39 is 0 Å². The molecule has 0 aromatic carbocycles. The van der Waals surface area contributed by atoms with Gasteiger partial charge in [0.15, 0.2) is 0 Å². The molecule has 1 fully saturated rings. The molecule has 1 N–H and O–H groups in total. The number of rotatable bonds is 3. The molecule has 0 amide bonds. The van der Waals surface area contributed by atoms with E-state index >= 15 is 0 Å². The van der Waals surface area contributed by atoms with Gasteiger partial charge in [0.25, 0.3) is 5.56 Å². The van der Waals surface area contributed by atoms with E-state index in [1.54, 1.807) is 12.3 Å². The summed E-state index contributed by atoms with van der Waals surface area (Å²) in [6.45, 7) is 2.37. The van der Waals surface area contributed by atoms with Gasteiger partial charge in [-0.3, -0.25) is 4.79 Å². The van der Waals surface area contributed by atoms with Crippen LogP contribution in [-0.4, -0.2) is 29.6 Å². The summed E-state index contributed by atoms with van der Waals surface area (Å²) < 4.78 is 5.35. The van der Waals surface area contributed by atoms with Gasteiger partial charge < -0.3 is 10.2 Å². The molecule has 1 saturated heterocycles. The SMILES string of the molecule is O=c1cccnn1NCC1CCCOC1. The Labute approximate surface area is 88.0 Å². The van der Waals surface area contributed by atoms with Gasteiger partial charge in [-0.2, -0.15) is 5.10 Å². The van der Waals surface area contributed by atoms with Crippen molar-refractivity contribution in [1.29, 1.82) is 0 Å². The fourth-order valence-electron chi connectivity index (χ4n) is 1.66. The van der Waals surface area contributed by atoms with Gasteiger partial charge in [-0.1, -0.05) is 0 Å². The van der Waals surface area contributed by atoms with Crippen molar-refractivity contribution >= 4 is 0 Å². The first kappa shape index (κ1) is 10.2. The third-order valence-corrected chi connectivity index (χ3v) is 2.50. The number of nitrogens with one attached hydrogen (secondary N) is 1. The maximum atomic E-state index is 11.3. The molecule has 1 aromatic rings. The summed E-state index contributed by atoms with van der Waals surface area (Å²) in [7, 11) is 0. The van der Waals surface area contributed by atoms with E-state index in [9.17, 15) is 4.79 Å². The van der Waals surface area contributed by atoms with Gasteiger partial charge in [0.2, 0.25) is 0 Å². The summed E-state index contributed by atoms with van der Waals surface area (Å²) in [6.07, 6.45) is 3.84. The highest BCUT2D eigenvalue weighted by atomic mass is 16.5. The minimum atomic E-state index is -0.130. The number of hydrogen-bond donors (Lipinski definition) is 1. The Morgan fingerprint density at radius 2 is 2.60 bits per heavy atom. The highest BCUT2D eigenvalue weighted by molar-refractivity contribution is 4.87. The zero-order valence-electron chi connectivity index (χ0n) is 8.56. The first-order chi connectivity index (χ1) is 7.36. The van der Waals surface area contributed by atoms with Crippen molar-refractivity contribution < 1.29 is 4.74 Å². The van der Waals surface area contributed by atoms with E-state index in [4.69, 9.17) is 4.74 Å². The minimum absolute atomic E-state index is 0.130. The van der Waals surface area contributed by atoms with Crippen molar-refractivity contribution in [2.75, 3.05) is 25.2 Å². The summed E-state index contributed by atoms with van der Waals surface area (Å²) in [4.78, 5) is 12.6. The Morgan fingerprint density at radius 3 is 3.33 bits per heavy atom. The van der Waals surface area contributed by atoms with E-state index in [1.807, 2.05) is 0 Å². The monoisotopic (exact) mass is 209 g/mol. The van der Waals surface area contributed by atoms with E-state index in [0.29, 0.717) is 5.92 Å². The molecular formula is C10H15N3O2. The van der Waals surface area contributed by atoms with E-state index in [0.717, 1.165) is 32.6 Å². The van der Waals surface area contributed by atoms with Gasteiger partial charge >= 0.3 is 0 Å². The highest BCUT2D eigenvalue weighted by Crippen LogP contribution is 2.12. The molecule has 1 atom stereocenters. The Kier molecular flexibility index (Phi) is 3.34. The van der Waals surface area contributed by atoms with Gasteiger partial charge in [-0.25, -0.2) is 0 Å². The predicted molar refractivity (Wildman–Crippen MR) is 56.3 cm³/mol. The molecule has 5 nitrogen and oxygen atoms in total. The van der Waals surface area contributed by atoms with Gasteiger partial charge in [0.1, 0.15) is 0 Å². The van der Waals surface area contributed by atoms with Crippen LogP contribution in [0.5, 0.6) is 0 Å². The second kappa shape index (κ2) is 4.93. The largest absolute Gasteiger partial charge is 0.381 e. The Bertz CT molecular complexity index is 358. The average Bonchev–Trinajstić information content (AvgIpc) is 2.29. The van der Waals surface area contributed by atoms with Crippen molar-refractivity contribution in [2.45, 2.75) is 12.8 Å². The van der Waals surface area contributed by atoms with Crippen molar-refractivity contribution in [3.05, 3.63) is 28.7 Å². The molecule has 5 heteroatoms. The molecule has 0 radical (unpaired) electrons. The van der Waals surface area contributed by atoms with Gasteiger partial charge in [0.05, 0.1) is 6.61 Å². The van der Waals surface area contributed by atoms with Crippen molar-refractivity contribution in [1.82, 2.24) is 9.89 Å². The van der Waals surface area contributed by atoms with Crippen LogP contribution >= 0.6 is 0 Å². The smallest absolute Gasteiger partial charge is 0.285 e. The Balaban J connectivity index is 1.87. The number of hydrogen-bond acceptors (Lipinski definition) is 4. The lowest BCUT2D eigenvalue weighted by Crippen LogP contribution is -2.35. The maximum absolute atomic E-state index is 11.3. The normalized spacial score (nSPS) is 21.2. The van der Waals surface area contributed by atoms with Gasteiger partial charge in [-0.15, -0.1) is 4.79 Å². The molecule has 1 aromatic heterocycles. The second-order valence-electron chi connectivity index (χ2n) is 3.72. The van der Waals surface area contributed by atoms with Crippen molar-refractivity contribution in [2.24, 2.45) is 5.92 Å². The van der Waals surface area contributed by atoms with Crippen LogP contribution < -0.4 is 11.0 Å². The second-order valence-corrected chi connectivity index (χ2v) is 3.72. The quantitative estimate of drug-likeness (QED) is 0.773. The van der Waals surface area contributed by atoms with E-state index in [-0.39, 0.29) is 5.56 Å². The van der Waals surface area contributed by atoms with Crippen LogP contribution in [0.2, 0.25) is 0 Å². The molecule has 0 spiro atoms. The molecule has 15 heavy (non-hydrogen) atoms. The summed E-state index contributed by atoms with van der Waals surface area (Å²) in [5.41, 5.74) is 2.87. The third-order valence-electron chi connectivity index (χ3n) is 2.50. The van der Waals surface area contributed by atoms with E-state index in [1.165, 1.54) is 10.9 Å². The number of nitrogens with zero attached hydrogens (tertiary/aromatic N) is 2. The lowest BCUT2D eigenvalue weighted by atomic mass is 10.0. The fraction of sp³-hybridized carbons (Fsp3) is 0.600. The van der Waals surface area contributed by atoms with E-state index in [2.05, 4.69) is 10.5 Å². The first-order valence-corrected chi connectivity index (χ1v) is 5.22. The van der Waals surface area contributed by atoms with Gasteiger partial charge in [0, 0.05) is 31.3 Å². The lowest BCUT2D eigenvalue weighted by Gasteiger charge is -2.22. The van der Waals surface area contributed by atoms with Crippen LogP contribution in [-0.2, 0) is 4.74 Å². The lowest BCUT2D eigenvalue weighted by molar-refractivity contribution is 0.0584. The third kappa shape index (κ3) is 2.79. The molecular weight excluding hydrogens is 194 g/mol. The maximum Gasteiger partial charge on any atom is 0.285 e. The Morgan fingerprint density at radius 1 is 1.67 bits per heavy atom. The molecule has 1 aliphatic rings. The zero-order valence-corrected chi connectivity index (χ0v) is 8.56. The van der Waals surface area contributed by atoms with Crippen LogP contribution in [0, 0.1) is 5.92 Å². The predicted octanol–water partition coefficient (Wildman–Crippen LogP) is 0.213.